The molecular weight excluding hydrogens is 373 g/mol. The molecule has 0 aliphatic heterocycles. The van der Waals surface area contributed by atoms with E-state index >= 15 is 0 Å². The minimum Gasteiger partial charge on any atom is -0.462 e. The molecule has 0 saturated carbocycles. The highest BCUT2D eigenvalue weighted by Gasteiger charge is 2.22. The number of hydrogen-bond donors (Lipinski definition) is 0. The molecule has 0 aliphatic rings. The van der Waals surface area contributed by atoms with Crippen molar-refractivity contribution in [3.8, 4) is 0 Å². The fraction of sp³-hybridized carbons (Fsp3) is 0.167. The van der Waals surface area contributed by atoms with E-state index in [9.17, 15) is 9.18 Å². The minimum atomic E-state index is -0.421. The summed E-state index contributed by atoms with van der Waals surface area (Å²) >= 11 is 2.67. The summed E-state index contributed by atoms with van der Waals surface area (Å²) in [5.74, 6) is -0.365. The third-order valence-electron chi connectivity index (χ3n) is 3.85. The first-order chi connectivity index (χ1) is 12.7. The van der Waals surface area contributed by atoms with Crippen molar-refractivity contribution in [2.45, 2.75) is 17.8 Å². The first kappa shape index (κ1) is 17.0. The van der Waals surface area contributed by atoms with E-state index in [2.05, 4.69) is 10.2 Å². The molecule has 0 radical (unpaired) electrons. The maximum atomic E-state index is 14.4. The highest BCUT2D eigenvalue weighted by atomic mass is 32.2. The van der Waals surface area contributed by atoms with Crippen molar-refractivity contribution < 1.29 is 13.9 Å². The number of nitrogens with zero attached hydrogens (tertiary/aromatic N) is 3. The van der Waals surface area contributed by atoms with Crippen molar-refractivity contribution in [2.75, 3.05) is 6.61 Å². The summed E-state index contributed by atoms with van der Waals surface area (Å²) in [6.07, 6.45) is 1.87. The van der Waals surface area contributed by atoms with Crippen LogP contribution >= 0.6 is 23.1 Å². The normalized spacial score (nSPS) is 11.3. The van der Waals surface area contributed by atoms with Crippen LogP contribution in [0.25, 0.3) is 15.7 Å². The molecular formula is C18H14FN3O2S2. The van der Waals surface area contributed by atoms with E-state index in [0.29, 0.717) is 26.7 Å². The molecule has 1 aromatic carbocycles. The first-order valence-corrected chi connectivity index (χ1v) is 9.79. The lowest BCUT2D eigenvalue weighted by Gasteiger charge is -2.05. The summed E-state index contributed by atoms with van der Waals surface area (Å²) in [4.78, 5) is 12.8. The minimum absolute atomic E-state index is 0.275. The topological polar surface area (TPSA) is 56.5 Å². The number of halogens is 1. The van der Waals surface area contributed by atoms with Gasteiger partial charge in [0.05, 0.1) is 6.61 Å². The van der Waals surface area contributed by atoms with Gasteiger partial charge in [0, 0.05) is 22.0 Å². The van der Waals surface area contributed by atoms with Gasteiger partial charge in [0.25, 0.3) is 0 Å². The van der Waals surface area contributed by atoms with Crippen LogP contribution in [-0.4, -0.2) is 27.2 Å². The third-order valence-corrected chi connectivity index (χ3v) is 6.00. The predicted molar refractivity (Wildman–Crippen MR) is 100 cm³/mol. The summed E-state index contributed by atoms with van der Waals surface area (Å²) in [5.41, 5.74) is 1.38. The van der Waals surface area contributed by atoms with Gasteiger partial charge in [0.2, 0.25) is 0 Å². The van der Waals surface area contributed by atoms with Gasteiger partial charge in [0.15, 0.2) is 10.8 Å². The van der Waals surface area contributed by atoms with Crippen LogP contribution in [0.2, 0.25) is 0 Å². The summed E-state index contributed by atoms with van der Waals surface area (Å²) in [6, 6.07) is 10.5. The number of pyridine rings is 1. The van der Waals surface area contributed by atoms with Crippen LogP contribution in [0.1, 0.15) is 22.2 Å². The molecule has 4 rings (SSSR count). The van der Waals surface area contributed by atoms with Gasteiger partial charge in [-0.1, -0.05) is 23.9 Å². The van der Waals surface area contributed by atoms with Crippen molar-refractivity contribution in [1.29, 1.82) is 0 Å². The summed E-state index contributed by atoms with van der Waals surface area (Å²) in [6.45, 7) is 2.03. The van der Waals surface area contributed by atoms with Gasteiger partial charge in [-0.3, -0.25) is 4.40 Å². The van der Waals surface area contributed by atoms with Crippen molar-refractivity contribution in [3.05, 3.63) is 58.9 Å². The van der Waals surface area contributed by atoms with Gasteiger partial charge in [-0.15, -0.1) is 21.5 Å². The monoisotopic (exact) mass is 387 g/mol. The van der Waals surface area contributed by atoms with Gasteiger partial charge >= 0.3 is 5.97 Å². The second-order valence-corrected chi connectivity index (χ2v) is 7.44. The summed E-state index contributed by atoms with van der Waals surface area (Å²) < 4.78 is 22.2. The molecule has 0 unspecified atom stereocenters. The maximum Gasteiger partial charge on any atom is 0.348 e. The Labute approximate surface area is 156 Å². The molecule has 5 nitrogen and oxygen atoms in total. The van der Waals surface area contributed by atoms with Crippen molar-refractivity contribution >= 4 is 44.8 Å². The number of carbonyl (C=O) groups is 1. The molecule has 0 saturated heterocycles. The van der Waals surface area contributed by atoms with Crippen molar-refractivity contribution in [2.24, 2.45) is 0 Å². The zero-order valence-electron chi connectivity index (χ0n) is 13.8. The van der Waals surface area contributed by atoms with Crippen molar-refractivity contribution in [1.82, 2.24) is 14.6 Å². The molecule has 8 heteroatoms. The van der Waals surface area contributed by atoms with Crippen LogP contribution in [0, 0.1) is 5.82 Å². The molecule has 3 aromatic heterocycles. The van der Waals surface area contributed by atoms with Gasteiger partial charge in [-0.05, 0) is 36.8 Å². The molecule has 3 heterocycles. The Bertz CT molecular complexity index is 1110. The average Bonchev–Trinajstić information content (AvgIpc) is 3.22. The van der Waals surface area contributed by atoms with E-state index in [1.165, 1.54) is 29.2 Å². The van der Waals surface area contributed by atoms with Gasteiger partial charge in [-0.25, -0.2) is 9.18 Å². The van der Waals surface area contributed by atoms with E-state index in [0.717, 1.165) is 10.3 Å². The number of rotatable bonds is 5. The number of ether oxygens (including phenoxy) is 1. The SMILES string of the molecule is CCOC(=O)c1sc2cccc(F)c2c1CSc1nnc2ccccn12. The van der Waals surface area contributed by atoms with Gasteiger partial charge in [-0.2, -0.15) is 0 Å². The van der Waals surface area contributed by atoms with Gasteiger partial charge < -0.3 is 4.74 Å². The summed E-state index contributed by atoms with van der Waals surface area (Å²) in [5, 5.41) is 9.45. The van der Waals surface area contributed by atoms with Crippen LogP contribution in [0.15, 0.2) is 47.8 Å². The Hall–Kier alpha value is -2.45. The number of thiophene rings is 1. The molecule has 0 amide bonds. The number of thioether (sulfide) groups is 1. The molecule has 0 spiro atoms. The molecule has 0 aliphatic carbocycles. The second kappa shape index (κ2) is 7.05. The number of carbonyl (C=O) groups excluding carboxylic acids is 1. The van der Waals surface area contributed by atoms with Crippen LogP contribution < -0.4 is 0 Å². The Morgan fingerprint density at radius 1 is 1.27 bits per heavy atom. The fourth-order valence-corrected chi connectivity index (χ4v) is 4.90. The Morgan fingerprint density at radius 3 is 3.00 bits per heavy atom. The lowest BCUT2D eigenvalue weighted by Crippen LogP contribution is -2.05. The zero-order valence-corrected chi connectivity index (χ0v) is 15.4. The summed E-state index contributed by atoms with van der Waals surface area (Å²) in [7, 11) is 0. The molecule has 26 heavy (non-hydrogen) atoms. The Morgan fingerprint density at radius 2 is 2.15 bits per heavy atom. The Balaban J connectivity index is 1.74. The average molecular weight is 387 g/mol. The van der Waals surface area contributed by atoms with Crippen molar-refractivity contribution in [3.63, 3.8) is 0 Å². The predicted octanol–water partition coefficient (Wildman–Crippen LogP) is 4.55. The highest BCUT2D eigenvalue weighted by Crippen LogP contribution is 2.37. The highest BCUT2D eigenvalue weighted by molar-refractivity contribution is 7.98. The third kappa shape index (κ3) is 2.95. The van der Waals surface area contributed by atoms with Gasteiger partial charge in [0.1, 0.15) is 10.7 Å². The quantitative estimate of drug-likeness (QED) is 0.371. The zero-order chi connectivity index (χ0) is 18.1. The number of esters is 1. The molecule has 4 aromatic rings. The standard InChI is InChI=1S/C18H14FN3O2S2/c1-2-24-17(23)16-11(15-12(19)6-5-7-13(15)26-16)10-25-18-21-20-14-8-3-4-9-22(14)18/h3-9H,2,10H2,1H3. The first-order valence-electron chi connectivity index (χ1n) is 7.98. The lowest BCUT2D eigenvalue weighted by molar-refractivity contribution is 0.0531. The number of hydrogen-bond acceptors (Lipinski definition) is 6. The number of aromatic nitrogens is 3. The maximum absolute atomic E-state index is 14.4. The number of benzene rings is 1. The van der Waals surface area contributed by atoms with E-state index < -0.39 is 5.97 Å². The van der Waals surface area contributed by atoms with Crippen LogP contribution in [-0.2, 0) is 10.5 Å². The van der Waals surface area contributed by atoms with E-state index in [4.69, 9.17) is 4.74 Å². The van der Waals surface area contributed by atoms with Crippen LogP contribution in [0.4, 0.5) is 4.39 Å². The van der Waals surface area contributed by atoms with Crippen LogP contribution in [0.5, 0.6) is 0 Å². The second-order valence-electron chi connectivity index (χ2n) is 5.44. The smallest absolute Gasteiger partial charge is 0.348 e. The van der Waals surface area contributed by atoms with E-state index in [1.54, 1.807) is 13.0 Å². The molecule has 0 atom stereocenters. The lowest BCUT2D eigenvalue weighted by atomic mass is 10.1. The number of fused-ring (bicyclic) bond motifs is 2. The van der Waals surface area contributed by atoms with Crippen LogP contribution in [0.3, 0.4) is 0 Å². The molecule has 0 N–H and O–H groups in total. The van der Waals surface area contributed by atoms with E-state index in [1.807, 2.05) is 34.9 Å². The Kier molecular flexibility index (Phi) is 4.60. The molecule has 0 bridgehead atoms. The molecule has 0 fully saturated rings. The fourth-order valence-electron chi connectivity index (χ4n) is 2.72. The molecule has 132 valence electrons. The largest absolute Gasteiger partial charge is 0.462 e. The van der Waals surface area contributed by atoms with E-state index in [-0.39, 0.29) is 12.4 Å².